The van der Waals surface area contributed by atoms with Crippen LogP contribution in [0.4, 0.5) is 5.69 Å². The number of Topliss-reactive ketones (excluding diaryl/α,β-unsaturated/α-hetero) is 2. The molecule has 2 atom stereocenters. The number of hydrogen-bond donors (Lipinski definition) is 6. The number of amides is 1. The molecule has 0 saturated carbocycles. The van der Waals surface area contributed by atoms with E-state index in [1.54, 1.807) is 0 Å². The SMILES string of the molecule is O=C(CCC(O)CO)c1c(I)c(C(=O)CCC(O)CO)c(I)c(N(CCO)C(=O)CO)c1I. The molecule has 0 fully saturated rings. The Morgan fingerprint density at radius 1 is 0.758 bits per heavy atom. The van der Waals surface area contributed by atoms with E-state index in [2.05, 4.69) is 0 Å². The van der Waals surface area contributed by atoms with Gasteiger partial charge in [0.05, 0.1) is 37.7 Å². The maximum absolute atomic E-state index is 13.1. The molecule has 0 aliphatic rings. The van der Waals surface area contributed by atoms with Crippen molar-refractivity contribution in [2.45, 2.75) is 37.9 Å². The summed E-state index contributed by atoms with van der Waals surface area (Å²) in [6.07, 6.45) is -2.45. The molecule has 0 radical (unpaired) electrons. The first-order valence-electron chi connectivity index (χ1n) is 9.92. The zero-order valence-corrected chi connectivity index (χ0v) is 24.0. The minimum atomic E-state index is -1.09. The number of aliphatic hydroxyl groups is 6. The molecule has 1 rings (SSSR count). The van der Waals surface area contributed by atoms with Crippen LogP contribution in [-0.2, 0) is 4.79 Å². The third kappa shape index (κ3) is 8.26. The quantitative estimate of drug-likeness (QED) is 0.115. The topological polar surface area (TPSA) is 176 Å². The fourth-order valence-electron chi connectivity index (χ4n) is 2.95. The molecule has 1 amide bonds. The molecule has 1 aromatic carbocycles. The van der Waals surface area contributed by atoms with E-state index in [4.69, 9.17) is 10.2 Å². The Kier molecular flexibility index (Phi) is 14.3. The van der Waals surface area contributed by atoms with Gasteiger partial charge in [0.1, 0.15) is 6.61 Å². The summed E-state index contributed by atoms with van der Waals surface area (Å²) in [5.74, 6) is -1.57. The van der Waals surface area contributed by atoms with E-state index in [1.165, 1.54) is 0 Å². The van der Waals surface area contributed by atoms with Crippen LogP contribution in [0.1, 0.15) is 46.4 Å². The van der Waals surface area contributed by atoms with E-state index < -0.39 is 56.1 Å². The Bertz CT molecular complexity index is 813. The smallest absolute Gasteiger partial charge is 0.252 e. The van der Waals surface area contributed by atoms with Crippen LogP contribution in [0, 0.1) is 10.7 Å². The second-order valence-electron chi connectivity index (χ2n) is 7.06. The average Bonchev–Trinajstić information content (AvgIpc) is 2.79. The van der Waals surface area contributed by atoms with Crippen molar-refractivity contribution in [3.63, 3.8) is 0 Å². The van der Waals surface area contributed by atoms with Gasteiger partial charge in [-0.15, -0.1) is 0 Å². The summed E-state index contributed by atoms with van der Waals surface area (Å²) in [5, 5.41) is 56.2. The van der Waals surface area contributed by atoms with Crippen LogP contribution in [0.15, 0.2) is 0 Å². The Morgan fingerprint density at radius 2 is 1.18 bits per heavy atom. The van der Waals surface area contributed by atoms with Crippen molar-refractivity contribution in [2.24, 2.45) is 0 Å². The normalized spacial score (nSPS) is 13.0. The maximum atomic E-state index is 13.1. The molecule has 6 N–H and O–H groups in total. The van der Waals surface area contributed by atoms with Gasteiger partial charge in [0.25, 0.3) is 5.91 Å². The standard InChI is InChI=1S/C20H26I3NO9/c21-17-15(12(31)3-1-10(29)7-26)18(22)20(24(5-6-25)14(33)9-28)19(23)16(17)13(32)4-2-11(30)8-27/h10-11,25-30H,1-9H2. The van der Waals surface area contributed by atoms with Gasteiger partial charge < -0.3 is 35.5 Å². The fraction of sp³-hybridized carbons (Fsp3) is 0.550. The predicted octanol–water partition coefficient (Wildman–Crippen LogP) is 0.450. The Hall–Kier alpha value is -0.0200. The first-order valence-corrected chi connectivity index (χ1v) is 13.2. The van der Waals surface area contributed by atoms with Crippen molar-refractivity contribution in [1.29, 1.82) is 0 Å². The van der Waals surface area contributed by atoms with Crippen molar-refractivity contribution >= 4 is 90.9 Å². The van der Waals surface area contributed by atoms with Crippen molar-refractivity contribution < 1.29 is 45.0 Å². The second kappa shape index (κ2) is 15.2. The van der Waals surface area contributed by atoms with Crippen LogP contribution in [0.3, 0.4) is 0 Å². The highest BCUT2D eigenvalue weighted by atomic mass is 127. The average molecular weight is 805 g/mol. The highest BCUT2D eigenvalue weighted by molar-refractivity contribution is 14.1. The molecule has 13 heteroatoms. The van der Waals surface area contributed by atoms with E-state index in [0.29, 0.717) is 10.7 Å². The highest BCUT2D eigenvalue weighted by Gasteiger charge is 2.31. The van der Waals surface area contributed by atoms with E-state index >= 15 is 0 Å². The zero-order valence-electron chi connectivity index (χ0n) is 17.5. The molecule has 0 spiro atoms. The molecule has 0 bridgehead atoms. The molecular weight excluding hydrogens is 779 g/mol. The van der Waals surface area contributed by atoms with Crippen molar-refractivity contribution in [2.75, 3.05) is 37.9 Å². The fourth-order valence-corrected chi connectivity index (χ4v) is 7.90. The van der Waals surface area contributed by atoms with E-state index in [9.17, 15) is 34.8 Å². The minimum absolute atomic E-state index is 0.00922. The summed E-state index contributed by atoms with van der Waals surface area (Å²) in [6, 6.07) is 0. The number of ketones is 2. The lowest BCUT2D eigenvalue weighted by Gasteiger charge is -2.27. The lowest BCUT2D eigenvalue weighted by Crippen LogP contribution is -2.37. The molecule has 186 valence electrons. The highest BCUT2D eigenvalue weighted by Crippen LogP contribution is 2.39. The molecule has 0 aliphatic heterocycles. The van der Waals surface area contributed by atoms with Gasteiger partial charge in [0.15, 0.2) is 11.6 Å². The van der Waals surface area contributed by atoms with Crippen LogP contribution in [0.2, 0.25) is 0 Å². The van der Waals surface area contributed by atoms with Crippen molar-refractivity contribution in [3.8, 4) is 0 Å². The number of carbonyl (C=O) groups excluding carboxylic acids is 3. The molecule has 0 saturated heterocycles. The van der Waals surface area contributed by atoms with Gasteiger partial charge in [-0.05, 0) is 80.6 Å². The number of nitrogens with zero attached hydrogens (tertiary/aromatic N) is 1. The monoisotopic (exact) mass is 805 g/mol. The largest absolute Gasteiger partial charge is 0.395 e. The number of aliphatic hydroxyl groups excluding tert-OH is 6. The van der Waals surface area contributed by atoms with Crippen LogP contribution >= 0.6 is 67.8 Å². The van der Waals surface area contributed by atoms with Gasteiger partial charge in [0.2, 0.25) is 0 Å². The molecule has 0 heterocycles. The summed E-state index contributed by atoms with van der Waals surface area (Å²) in [6.45, 7) is -2.48. The van der Waals surface area contributed by atoms with Gasteiger partial charge in [-0.3, -0.25) is 14.4 Å². The summed E-state index contributed by atoms with van der Waals surface area (Å²) < 4.78 is 1.01. The maximum Gasteiger partial charge on any atom is 0.252 e. The summed E-state index contributed by atoms with van der Waals surface area (Å²) in [7, 11) is 0. The predicted molar refractivity (Wildman–Crippen MR) is 144 cm³/mol. The Labute approximate surface area is 231 Å². The number of benzene rings is 1. The van der Waals surface area contributed by atoms with Gasteiger partial charge in [-0.25, -0.2) is 0 Å². The summed E-state index contributed by atoms with van der Waals surface area (Å²) >= 11 is 5.61. The lowest BCUT2D eigenvalue weighted by molar-refractivity contribution is -0.121. The van der Waals surface area contributed by atoms with Gasteiger partial charge in [-0.2, -0.15) is 0 Å². The van der Waals surface area contributed by atoms with Crippen molar-refractivity contribution in [3.05, 3.63) is 21.8 Å². The number of halogens is 3. The third-order valence-corrected chi connectivity index (χ3v) is 7.89. The summed E-state index contributed by atoms with van der Waals surface area (Å²) in [5.41, 5.74) is 0.495. The lowest BCUT2D eigenvalue weighted by atomic mass is 9.97. The van der Waals surface area contributed by atoms with Crippen LogP contribution in [-0.4, -0.2) is 93.3 Å². The molecule has 0 aliphatic carbocycles. The minimum Gasteiger partial charge on any atom is -0.395 e. The van der Waals surface area contributed by atoms with Gasteiger partial charge in [-0.1, -0.05) is 0 Å². The molecular formula is C20H26I3NO9. The first-order chi connectivity index (χ1) is 15.5. The third-order valence-electron chi connectivity index (χ3n) is 4.71. The molecule has 0 aromatic heterocycles. The van der Waals surface area contributed by atoms with E-state index in [1.807, 2.05) is 67.8 Å². The molecule has 33 heavy (non-hydrogen) atoms. The number of rotatable bonds is 14. The molecule has 2 unspecified atom stereocenters. The van der Waals surface area contributed by atoms with Gasteiger partial charge >= 0.3 is 0 Å². The first kappa shape index (κ1) is 31.0. The Balaban J connectivity index is 3.71. The molecule has 1 aromatic rings. The Morgan fingerprint density at radius 3 is 1.52 bits per heavy atom. The second-order valence-corrected chi connectivity index (χ2v) is 10.3. The number of hydrogen-bond acceptors (Lipinski definition) is 9. The summed E-state index contributed by atoms with van der Waals surface area (Å²) in [4.78, 5) is 39.7. The zero-order chi connectivity index (χ0) is 25.3. The van der Waals surface area contributed by atoms with E-state index in [0.717, 1.165) is 4.90 Å². The van der Waals surface area contributed by atoms with Gasteiger partial charge in [0, 0.05) is 41.2 Å². The van der Waals surface area contributed by atoms with E-state index in [-0.39, 0.29) is 49.0 Å². The van der Waals surface area contributed by atoms with Crippen LogP contribution in [0.5, 0.6) is 0 Å². The molecule has 10 nitrogen and oxygen atoms in total. The number of anilines is 1. The number of carbonyl (C=O) groups is 3. The van der Waals surface area contributed by atoms with Crippen LogP contribution < -0.4 is 4.90 Å². The van der Waals surface area contributed by atoms with Crippen molar-refractivity contribution in [1.82, 2.24) is 0 Å². The van der Waals surface area contributed by atoms with Crippen LogP contribution in [0.25, 0.3) is 0 Å².